The number of amides is 1. The SMILES string of the molecule is CC(C)C1CC(NC(=O)c2[nH]ncc2C(F)(F)F)C1. The van der Waals surface area contributed by atoms with Crippen LogP contribution >= 0.6 is 0 Å². The van der Waals surface area contributed by atoms with Gasteiger partial charge in [0.05, 0.1) is 6.20 Å². The fourth-order valence-corrected chi connectivity index (χ4v) is 2.26. The van der Waals surface area contributed by atoms with Crippen LogP contribution < -0.4 is 5.32 Å². The van der Waals surface area contributed by atoms with Crippen molar-refractivity contribution in [2.24, 2.45) is 11.8 Å². The molecule has 0 radical (unpaired) electrons. The zero-order valence-corrected chi connectivity index (χ0v) is 10.7. The van der Waals surface area contributed by atoms with Crippen molar-refractivity contribution in [2.45, 2.75) is 38.9 Å². The van der Waals surface area contributed by atoms with E-state index in [1.807, 2.05) is 0 Å². The Balaban J connectivity index is 1.97. The first-order valence-corrected chi connectivity index (χ1v) is 6.20. The Morgan fingerprint density at radius 1 is 1.47 bits per heavy atom. The minimum absolute atomic E-state index is 0.0377. The maximum atomic E-state index is 12.6. The van der Waals surface area contributed by atoms with Gasteiger partial charge in [-0.1, -0.05) is 13.8 Å². The summed E-state index contributed by atoms with van der Waals surface area (Å²) >= 11 is 0. The average Bonchev–Trinajstić information content (AvgIpc) is 2.69. The molecule has 0 spiro atoms. The van der Waals surface area contributed by atoms with Crippen LogP contribution in [0.15, 0.2) is 6.20 Å². The highest BCUT2D eigenvalue weighted by Gasteiger charge is 2.38. The van der Waals surface area contributed by atoms with E-state index < -0.39 is 23.3 Å². The van der Waals surface area contributed by atoms with Gasteiger partial charge in [0.1, 0.15) is 11.3 Å². The van der Waals surface area contributed by atoms with Crippen molar-refractivity contribution in [3.05, 3.63) is 17.5 Å². The van der Waals surface area contributed by atoms with Crippen molar-refractivity contribution in [3.8, 4) is 0 Å². The molecule has 2 rings (SSSR count). The lowest BCUT2D eigenvalue weighted by Gasteiger charge is -2.38. The Morgan fingerprint density at radius 3 is 2.63 bits per heavy atom. The molecule has 0 aromatic carbocycles. The van der Waals surface area contributed by atoms with Crippen molar-refractivity contribution in [2.75, 3.05) is 0 Å². The highest BCUT2D eigenvalue weighted by molar-refractivity contribution is 5.94. The molecule has 1 saturated carbocycles. The third kappa shape index (κ3) is 2.90. The van der Waals surface area contributed by atoms with Crippen molar-refractivity contribution in [3.63, 3.8) is 0 Å². The highest BCUT2D eigenvalue weighted by Crippen LogP contribution is 2.34. The largest absolute Gasteiger partial charge is 0.420 e. The molecule has 0 saturated heterocycles. The van der Waals surface area contributed by atoms with Gasteiger partial charge in [-0.15, -0.1) is 0 Å². The molecule has 4 nitrogen and oxygen atoms in total. The molecule has 1 fully saturated rings. The van der Waals surface area contributed by atoms with E-state index in [9.17, 15) is 18.0 Å². The van der Waals surface area contributed by atoms with Gasteiger partial charge in [0.15, 0.2) is 0 Å². The summed E-state index contributed by atoms with van der Waals surface area (Å²) < 4.78 is 37.8. The fraction of sp³-hybridized carbons (Fsp3) is 0.667. The Labute approximate surface area is 108 Å². The Bertz CT molecular complexity index is 461. The lowest BCUT2D eigenvalue weighted by Crippen LogP contribution is -2.46. The molecule has 106 valence electrons. The van der Waals surface area contributed by atoms with Crippen molar-refractivity contribution in [1.29, 1.82) is 0 Å². The number of aromatic amines is 1. The van der Waals surface area contributed by atoms with Crippen LogP contribution in [0.2, 0.25) is 0 Å². The number of hydrogen-bond donors (Lipinski definition) is 2. The summed E-state index contributed by atoms with van der Waals surface area (Å²) in [4.78, 5) is 11.8. The number of nitrogens with zero attached hydrogens (tertiary/aromatic N) is 1. The first kappa shape index (κ1) is 13.9. The predicted molar refractivity (Wildman–Crippen MR) is 62.4 cm³/mol. The number of carbonyl (C=O) groups is 1. The Morgan fingerprint density at radius 2 is 2.11 bits per heavy atom. The number of nitrogens with one attached hydrogen (secondary N) is 2. The number of rotatable bonds is 3. The normalized spacial score (nSPS) is 23.3. The monoisotopic (exact) mass is 275 g/mol. The quantitative estimate of drug-likeness (QED) is 0.890. The second-order valence-electron chi connectivity index (χ2n) is 5.30. The van der Waals surface area contributed by atoms with Gasteiger partial charge in [0, 0.05) is 6.04 Å². The van der Waals surface area contributed by atoms with E-state index in [1.54, 1.807) is 0 Å². The standard InChI is InChI=1S/C12H16F3N3O/c1-6(2)7-3-8(4-7)17-11(19)10-9(5-16-18-10)12(13,14)15/h5-8H,3-4H2,1-2H3,(H,16,18)(H,17,19). The van der Waals surface area contributed by atoms with Crippen LogP contribution in [0, 0.1) is 11.8 Å². The van der Waals surface area contributed by atoms with E-state index in [0.717, 1.165) is 12.8 Å². The second kappa shape index (κ2) is 4.86. The van der Waals surface area contributed by atoms with Crippen LogP contribution in [0.3, 0.4) is 0 Å². The van der Waals surface area contributed by atoms with Crippen LogP contribution in [-0.2, 0) is 6.18 Å². The number of aromatic nitrogens is 2. The van der Waals surface area contributed by atoms with Crippen LogP contribution in [0.4, 0.5) is 13.2 Å². The first-order chi connectivity index (χ1) is 8.79. The predicted octanol–water partition coefficient (Wildman–Crippen LogP) is 2.59. The summed E-state index contributed by atoms with van der Waals surface area (Å²) in [7, 11) is 0. The third-order valence-corrected chi connectivity index (χ3v) is 3.62. The average molecular weight is 275 g/mol. The van der Waals surface area contributed by atoms with Gasteiger partial charge in [-0.25, -0.2) is 0 Å². The summed E-state index contributed by atoms with van der Waals surface area (Å²) in [5.41, 5.74) is -1.54. The molecule has 0 atom stereocenters. The summed E-state index contributed by atoms with van der Waals surface area (Å²) in [6.07, 6.45) is -2.30. The maximum Gasteiger partial charge on any atom is 0.420 e. The maximum absolute atomic E-state index is 12.6. The van der Waals surface area contributed by atoms with Crippen molar-refractivity contribution >= 4 is 5.91 Å². The van der Waals surface area contributed by atoms with Gasteiger partial charge in [0.2, 0.25) is 0 Å². The van der Waals surface area contributed by atoms with Gasteiger partial charge >= 0.3 is 6.18 Å². The molecule has 1 aliphatic rings. The molecule has 0 unspecified atom stereocenters. The van der Waals surface area contributed by atoms with Crippen molar-refractivity contribution < 1.29 is 18.0 Å². The van der Waals surface area contributed by atoms with E-state index >= 15 is 0 Å². The van der Waals surface area contributed by atoms with Crippen molar-refractivity contribution in [1.82, 2.24) is 15.5 Å². The molecule has 7 heteroatoms. The minimum atomic E-state index is -4.57. The number of halogens is 3. The fourth-order valence-electron chi connectivity index (χ4n) is 2.26. The number of alkyl halides is 3. The molecule has 1 heterocycles. The summed E-state index contributed by atoms with van der Waals surface area (Å²) in [5.74, 6) is 0.331. The van der Waals surface area contributed by atoms with E-state index in [2.05, 4.69) is 29.4 Å². The lowest BCUT2D eigenvalue weighted by atomic mass is 9.73. The van der Waals surface area contributed by atoms with E-state index in [1.165, 1.54) is 0 Å². The van der Waals surface area contributed by atoms with Gasteiger partial charge in [-0.2, -0.15) is 18.3 Å². The number of hydrogen-bond acceptors (Lipinski definition) is 2. The topological polar surface area (TPSA) is 57.8 Å². The van der Waals surface area contributed by atoms with Crippen LogP contribution in [0.1, 0.15) is 42.7 Å². The highest BCUT2D eigenvalue weighted by atomic mass is 19.4. The zero-order valence-electron chi connectivity index (χ0n) is 10.7. The molecule has 1 aliphatic carbocycles. The van der Waals surface area contributed by atoms with E-state index in [4.69, 9.17) is 0 Å². The molecule has 0 bridgehead atoms. The summed E-state index contributed by atoms with van der Waals surface area (Å²) in [6.45, 7) is 4.19. The van der Waals surface area contributed by atoms with E-state index in [0.29, 0.717) is 18.0 Å². The summed E-state index contributed by atoms with van der Waals surface area (Å²) in [5, 5.41) is 8.02. The van der Waals surface area contributed by atoms with Crippen LogP contribution in [-0.4, -0.2) is 22.1 Å². The van der Waals surface area contributed by atoms with Gasteiger partial charge < -0.3 is 5.32 Å². The third-order valence-electron chi connectivity index (χ3n) is 3.62. The van der Waals surface area contributed by atoms with Gasteiger partial charge in [-0.3, -0.25) is 9.89 Å². The molecular weight excluding hydrogens is 259 g/mol. The van der Waals surface area contributed by atoms with Crippen LogP contribution in [0.5, 0.6) is 0 Å². The second-order valence-corrected chi connectivity index (χ2v) is 5.30. The lowest BCUT2D eigenvalue weighted by molar-refractivity contribution is -0.137. The molecule has 2 N–H and O–H groups in total. The van der Waals surface area contributed by atoms with Gasteiger partial charge in [-0.05, 0) is 24.7 Å². The number of H-pyrrole nitrogens is 1. The Hall–Kier alpha value is -1.53. The zero-order chi connectivity index (χ0) is 14.2. The smallest absolute Gasteiger partial charge is 0.348 e. The van der Waals surface area contributed by atoms with E-state index in [-0.39, 0.29) is 6.04 Å². The molecule has 1 aromatic heterocycles. The molecule has 0 aliphatic heterocycles. The minimum Gasteiger partial charge on any atom is -0.348 e. The first-order valence-electron chi connectivity index (χ1n) is 6.20. The molecular formula is C12H16F3N3O. The molecule has 19 heavy (non-hydrogen) atoms. The summed E-state index contributed by atoms with van der Waals surface area (Å²) in [6, 6.07) is -0.0377. The van der Waals surface area contributed by atoms with Gasteiger partial charge in [0.25, 0.3) is 5.91 Å². The molecule has 1 aromatic rings. The molecule has 1 amide bonds. The van der Waals surface area contributed by atoms with Crippen LogP contribution in [0.25, 0.3) is 0 Å². The number of carbonyl (C=O) groups excluding carboxylic acids is 1. The Kier molecular flexibility index (Phi) is 3.56.